The van der Waals surface area contributed by atoms with Gasteiger partial charge in [-0.2, -0.15) is 0 Å². The molecule has 2 rings (SSSR count). The molecule has 1 aromatic rings. The Morgan fingerprint density at radius 2 is 2.19 bits per heavy atom. The molecule has 6 heteroatoms. The number of rotatable bonds is 4. The van der Waals surface area contributed by atoms with Gasteiger partial charge < -0.3 is 15.7 Å². The van der Waals surface area contributed by atoms with Crippen molar-refractivity contribution in [2.75, 3.05) is 12.3 Å². The molecule has 1 amide bonds. The largest absolute Gasteiger partial charge is 0.479 e. The van der Waals surface area contributed by atoms with Gasteiger partial charge in [0.1, 0.15) is 5.54 Å². The number of halogens is 1. The molecule has 0 spiro atoms. The van der Waals surface area contributed by atoms with Crippen LogP contribution in [0, 0.1) is 0 Å². The first-order valence-corrected chi connectivity index (χ1v) is 7.82. The summed E-state index contributed by atoms with van der Waals surface area (Å²) >= 11 is 3.29. The maximum atomic E-state index is 12.7. The molecule has 5 nitrogen and oxygen atoms in total. The summed E-state index contributed by atoms with van der Waals surface area (Å²) in [5.41, 5.74) is 5.63. The van der Waals surface area contributed by atoms with Crippen molar-refractivity contribution in [1.29, 1.82) is 0 Å². The number of nitrogens with two attached hydrogens (primary N) is 1. The van der Waals surface area contributed by atoms with Crippen LogP contribution in [0.25, 0.3) is 0 Å². The molecule has 1 aliphatic rings. The van der Waals surface area contributed by atoms with Crippen molar-refractivity contribution in [3.8, 4) is 0 Å². The molecule has 0 radical (unpaired) electrons. The number of hydrogen-bond acceptors (Lipinski definition) is 3. The molecule has 1 heterocycles. The van der Waals surface area contributed by atoms with Crippen molar-refractivity contribution in [1.82, 2.24) is 4.90 Å². The Kier molecular flexibility index (Phi) is 4.56. The molecule has 21 heavy (non-hydrogen) atoms. The molecule has 114 valence electrons. The highest BCUT2D eigenvalue weighted by atomic mass is 79.9. The lowest BCUT2D eigenvalue weighted by Gasteiger charge is -2.34. The van der Waals surface area contributed by atoms with Crippen molar-refractivity contribution in [2.45, 2.75) is 38.1 Å². The number of anilines is 1. The van der Waals surface area contributed by atoms with E-state index in [1.807, 2.05) is 6.92 Å². The van der Waals surface area contributed by atoms with E-state index in [4.69, 9.17) is 5.73 Å². The van der Waals surface area contributed by atoms with Gasteiger partial charge >= 0.3 is 5.97 Å². The van der Waals surface area contributed by atoms with Gasteiger partial charge in [0.15, 0.2) is 0 Å². The number of hydrogen-bond donors (Lipinski definition) is 2. The van der Waals surface area contributed by atoms with E-state index in [9.17, 15) is 14.7 Å². The number of aliphatic carboxylic acids is 1. The third-order valence-corrected chi connectivity index (χ3v) is 4.76. The molecule has 1 atom stereocenters. The highest BCUT2D eigenvalue weighted by Gasteiger charge is 2.49. The van der Waals surface area contributed by atoms with Crippen molar-refractivity contribution in [3.05, 3.63) is 28.2 Å². The zero-order chi connectivity index (χ0) is 15.6. The van der Waals surface area contributed by atoms with Gasteiger partial charge in [-0.1, -0.05) is 13.3 Å². The molecular formula is C15H19BrN2O3. The van der Waals surface area contributed by atoms with Crippen molar-refractivity contribution < 1.29 is 14.7 Å². The first-order chi connectivity index (χ1) is 9.92. The number of carboxylic acid groups (broad SMARTS) is 1. The van der Waals surface area contributed by atoms with Crippen LogP contribution in [0.5, 0.6) is 0 Å². The van der Waals surface area contributed by atoms with Crippen LogP contribution in [0.4, 0.5) is 5.69 Å². The Labute approximate surface area is 132 Å². The summed E-state index contributed by atoms with van der Waals surface area (Å²) in [5.74, 6) is -1.18. The number of amides is 1. The maximum absolute atomic E-state index is 12.7. The van der Waals surface area contributed by atoms with Crippen LogP contribution in [-0.4, -0.2) is 34.0 Å². The first-order valence-electron chi connectivity index (χ1n) is 7.03. The standard InChI is InChI=1S/C15H19BrN2O3/c1-2-6-15(14(20)21)7-3-8-18(15)13(19)10-4-5-11(16)12(17)9-10/h4-5,9H,2-3,6-8,17H2,1H3,(H,20,21). The van der Waals surface area contributed by atoms with Crippen LogP contribution in [0.2, 0.25) is 0 Å². The van der Waals surface area contributed by atoms with Crippen molar-refractivity contribution in [3.63, 3.8) is 0 Å². The molecular weight excluding hydrogens is 336 g/mol. The van der Waals surface area contributed by atoms with Crippen LogP contribution in [0.3, 0.4) is 0 Å². The highest BCUT2D eigenvalue weighted by molar-refractivity contribution is 9.10. The summed E-state index contributed by atoms with van der Waals surface area (Å²) in [6.07, 6.45) is 2.41. The number of likely N-dealkylation sites (tertiary alicyclic amines) is 1. The van der Waals surface area contributed by atoms with Crippen molar-refractivity contribution in [2.24, 2.45) is 0 Å². The van der Waals surface area contributed by atoms with Gasteiger partial charge in [-0.25, -0.2) is 4.79 Å². The highest BCUT2D eigenvalue weighted by Crippen LogP contribution is 2.35. The first kappa shape index (κ1) is 15.8. The van der Waals surface area contributed by atoms with E-state index in [-0.39, 0.29) is 5.91 Å². The predicted molar refractivity (Wildman–Crippen MR) is 84.1 cm³/mol. The zero-order valence-corrected chi connectivity index (χ0v) is 13.5. The fourth-order valence-corrected chi connectivity index (χ4v) is 3.26. The lowest BCUT2D eigenvalue weighted by molar-refractivity contribution is -0.148. The number of benzene rings is 1. The fourth-order valence-electron chi connectivity index (χ4n) is 3.01. The third kappa shape index (κ3) is 2.77. The second-order valence-corrected chi connectivity index (χ2v) is 6.24. The Morgan fingerprint density at radius 3 is 2.76 bits per heavy atom. The van der Waals surface area contributed by atoms with Crippen molar-refractivity contribution >= 4 is 33.5 Å². The summed E-state index contributed by atoms with van der Waals surface area (Å²) < 4.78 is 0.721. The number of carbonyl (C=O) groups is 2. The lowest BCUT2D eigenvalue weighted by Crippen LogP contribution is -2.53. The molecule has 1 saturated heterocycles. The van der Waals surface area contributed by atoms with Gasteiger partial charge in [0, 0.05) is 22.3 Å². The summed E-state index contributed by atoms with van der Waals surface area (Å²) in [5, 5.41) is 9.63. The molecule has 0 bridgehead atoms. The molecule has 0 aliphatic carbocycles. The summed E-state index contributed by atoms with van der Waals surface area (Å²) in [6, 6.07) is 4.96. The summed E-state index contributed by atoms with van der Waals surface area (Å²) in [7, 11) is 0. The van der Waals surface area contributed by atoms with Crippen LogP contribution in [0.15, 0.2) is 22.7 Å². The van der Waals surface area contributed by atoms with Gasteiger partial charge in [0.2, 0.25) is 0 Å². The van der Waals surface area contributed by atoms with Crippen LogP contribution < -0.4 is 5.73 Å². The van der Waals surface area contributed by atoms with E-state index < -0.39 is 11.5 Å². The van der Waals surface area contributed by atoms with E-state index in [1.54, 1.807) is 18.2 Å². The number of nitrogen functional groups attached to an aromatic ring is 1. The molecule has 1 fully saturated rings. The lowest BCUT2D eigenvalue weighted by atomic mass is 9.90. The Morgan fingerprint density at radius 1 is 1.48 bits per heavy atom. The third-order valence-electron chi connectivity index (χ3n) is 4.04. The second-order valence-electron chi connectivity index (χ2n) is 5.38. The minimum absolute atomic E-state index is 0.262. The minimum atomic E-state index is -1.08. The zero-order valence-electron chi connectivity index (χ0n) is 11.9. The average molecular weight is 355 g/mol. The van der Waals surface area contributed by atoms with Crippen LogP contribution >= 0.6 is 15.9 Å². The number of carbonyl (C=O) groups excluding carboxylic acids is 1. The topological polar surface area (TPSA) is 83.6 Å². The van der Waals surface area contributed by atoms with Gasteiger partial charge in [0.25, 0.3) is 5.91 Å². The van der Waals surface area contributed by atoms with E-state index >= 15 is 0 Å². The van der Waals surface area contributed by atoms with Gasteiger partial charge in [-0.05, 0) is 53.4 Å². The molecule has 3 N–H and O–H groups in total. The van der Waals surface area contributed by atoms with Gasteiger partial charge in [-0.3, -0.25) is 4.79 Å². The fraction of sp³-hybridized carbons (Fsp3) is 0.467. The molecule has 1 aliphatic heterocycles. The molecule has 1 unspecified atom stereocenters. The van der Waals surface area contributed by atoms with Crippen LogP contribution in [-0.2, 0) is 4.79 Å². The Hall–Kier alpha value is -1.56. The number of carboxylic acids is 1. The van der Waals surface area contributed by atoms with Gasteiger partial charge in [0.05, 0.1) is 0 Å². The second kappa shape index (κ2) is 6.05. The van der Waals surface area contributed by atoms with E-state index in [0.717, 1.165) is 10.9 Å². The van der Waals surface area contributed by atoms with E-state index in [0.29, 0.717) is 37.1 Å². The maximum Gasteiger partial charge on any atom is 0.329 e. The van der Waals surface area contributed by atoms with E-state index in [1.165, 1.54) is 4.90 Å². The Balaban J connectivity index is 2.36. The summed E-state index contributed by atoms with van der Waals surface area (Å²) in [6.45, 7) is 2.41. The number of nitrogens with zero attached hydrogens (tertiary/aromatic N) is 1. The Bertz CT molecular complexity index is 576. The molecule has 1 aromatic carbocycles. The van der Waals surface area contributed by atoms with Gasteiger partial charge in [-0.15, -0.1) is 0 Å². The SMILES string of the molecule is CCCC1(C(=O)O)CCCN1C(=O)c1ccc(Br)c(N)c1. The quantitative estimate of drug-likeness (QED) is 0.814. The molecule has 0 saturated carbocycles. The molecule has 0 aromatic heterocycles. The van der Waals surface area contributed by atoms with Crippen LogP contribution in [0.1, 0.15) is 43.0 Å². The normalized spacial score (nSPS) is 21.5. The summed E-state index contributed by atoms with van der Waals surface area (Å²) in [4.78, 5) is 26.0. The smallest absolute Gasteiger partial charge is 0.329 e. The minimum Gasteiger partial charge on any atom is -0.479 e. The monoisotopic (exact) mass is 354 g/mol. The average Bonchev–Trinajstić information content (AvgIpc) is 2.86. The van der Waals surface area contributed by atoms with E-state index in [2.05, 4.69) is 15.9 Å². The predicted octanol–water partition coefficient (Wildman–Crippen LogP) is 2.89.